The third-order valence-electron chi connectivity index (χ3n) is 6.11. The van der Waals surface area contributed by atoms with Crippen LogP contribution >= 0.6 is 0 Å². The molecular weight excluding hydrogens is 256 g/mol. The lowest BCUT2D eigenvalue weighted by atomic mass is 9.63. The summed E-state index contributed by atoms with van der Waals surface area (Å²) >= 11 is 0. The van der Waals surface area contributed by atoms with E-state index in [1.165, 1.54) is 64.2 Å². The van der Waals surface area contributed by atoms with Gasteiger partial charge in [-0.15, -0.1) is 0 Å². The van der Waals surface area contributed by atoms with E-state index in [1.54, 1.807) is 0 Å². The Balaban J connectivity index is 0.000000173. The first-order chi connectivity index (χ1) is 10.2. The summed E-state index contributed by atoms with van der Waals surface area (Å²) in [5.41, 5.74) is 0.749. The Hall–Kier alpha value is -0.550. The van der Waals surface area contributed by atoms with Gasteiger partial charge in [0.05, 0.1) is 6.07 Å². The van der Waals surface area contributed by atoms with Gasteiger partial charge in [0.25, 0.3) is 0 Å². The second kappa shape index (κ2) is 8.79. The number of piperidine rings is 1. The Bertz CT molecular complexity index is 313. The third kappa shape index (κ3) is 5.29. The van der Waals surface area contributed by atoms with Crippen LogP contribution in [0.4, 0.5) is 0 Å². The van der Waals surface area contributed by atoms with E-state index >= 15 is 0 Å². The Morgan fingerprint density at radius 3 is 1.95 bits per heavy atom. The zero-order valence-electron chi connectivity index (χ0n) is 14.0. The van der Waals surface area contributed by atoms with Crippen LogP contribution < -0.4 is 5.32 Å². The quantitative estimate of drug-likeness (QED) is 0.733. The summed E-state index contributed by atoms with van der Waals surface area (Å²) in [4.78, 5) is 0. The molecule has 21 heavy (non-hydrogen) atoms. The van der Waals surface area contributed by atoms with Gasteiger partial charge >= 0.3 is 0 Å². The molecule has 1 heterocycles. The molecule has 120 valence electrons. The number of nitrogens with zero attached hydrogens (tertiary/aromatic N) is 1. The molecule has 3 aliphatic rings. The molecule has 0 radical (unpaired) electrons. The highest BCUT2D eigenvalue weighted by Crippen LogP contribution is 2.47. The summed E-state index contributed by atoms with van der Waals surface area (Å²) in [6.07, 6.45) is 17.3. The number of hydrogen-bond donors (Lipinski definition) is 1. The van der Waals surface area contributed by atoms with E-state index in [0.717, 1.165) is 37.3 Å². The predicted octanol–water partition coefficient (Wildman–Crippen LogP) is 5.05. The normalized spacial score (nSPS) is 27.2. The van der Waals surface area contributed by atoms with Crippen LogP contribution in [0.15, 0.2) is 0 Å². The SMILES string of the molecule is CC1(C2CCCCC2)CCCCC1.N#CC1CCNCC1. The lowest BCUT2D eigenvalue weighted by Gasteiger charge is -2.42. The minimum Gasteiger partial charge on any atom is -0.317 e. The summed E-state index contributed by atoms with van der Waals surface area (Å²) in [7, 11) is 0. The van der Waals surface area contributed by atoms with E-state index in [-0.39, 0.29) is 0 Å². The molecule has 0 amide bonds. The van der Waals surface area contributed by atoms with Crippen molar-refractivity contribution in [3.8, 4) is 6.07 Å². The molecule has 1 saturated heterocycles. The minimum absolute atomic E-state index is 0.330. The largest absolute Gasteiger partial charge is 0.317 e. The van der Waals surface area contributed by atoms with E-state index in [9.17, 15) is 0 Å². The van der Waals surface area contributed by atoms with Gasteiger partial charge in [0.15, 0.2) is 0 Å². The van der Waals surface area contributed by atoms with Crippen molar-refractivity contribution in [2.75, 3.05) is 13.1 Å². The van der Waals surface area contributed by atoms with Gasteiger partial charge in [-0.2, -0.15) is 5.26 Å². The van der Waals surface area contributed by atoms with Gasteiger partial charge < -0.3 is 5.32 Å². The molecule has 0 aromatic heterocycles. The molecule has 0 atom stereocenters. The monoisotopic (exact) mass is 290 g/mol. The maximum atomic E-state index is 8.41. The summed E-state index contributed by atoms with van der Waals surface area (Å²) in [6.45, 7) is 4.62. The van der Waals surface area contributed by atoms with Crippen LogP contribution in [-0.4, -0.2) is 13.1 Å². The number of nitrogens with one attached hydrogen (secondary N) is 1. The van der Waals surface area contributed by atoms with Crippen LogP contribution in [0.3, 0.4) is 0 Å². The average molecular weight is 290 g/mol. The standard InChI is InChI=1S/C13H24.C6H10N2/c1-13(10-6-3-7-11-13)12-8-4-2-5-9-12;7-5-6-1-3-8-4-2-6/h12H,2-11H2,1H3;6,8H,1-4H2. The first-order valence-corrected chi connectivity index (χ1v) is 9.35. The number of nitriles is 1. The average Bonchev–Trinajstić information content (AvgIpc) is 2.58. The molecule has 1 N–H and O–H groups in total. The molecule has 0 unspecified atom stereocenters. The summed E-state index contributed by atoms with van der Waals surface area (Å²) in [6, 6.07) is 2.26. The highest BCUT2D eigenvalue weighted by atomic mass is 14.9. The van der Waals surface area contributed by atoms with Crippen LogP contribution in [0.5, 0.6) is 0 Å². The molecule has 2 saturated carbocycles. The lowest BCUT2D eigenvalue weighted by Crippen LogP contribution is -2.31. The van der Waals surface area contributed by atoms with Gasteiger partial charge in [0.1, 0.15) is 0 Å². The highest BCUT2D eigenvalue weighted by Gasteiger charge is 2.35. The Morgan fingerprint density at radius 2 is 1.43 bits per heavy atom. The summed E-state index contributed by atoms with van der Waals surface area (Å²) in [5, 5.41) is 11.6. The van der Waals surface area contributed by atoms with Gasteiger partial charge in [-0.25, -0.2) is 0 Å². The lowest BCUT2D eigenvalue weighted by molar-refractivity contribution is 0.0876. The van der Waals surface area contributed by atoms with Crippen LogP contribution in [0, 0.1) is 28.6 Å². The molecule has 3 fully saturated rings. The molecule has 0 aromatic carbocycles. The van der Waals surface area contributed by atoms with Crippen molar-refractivity contribution in [2.45, 2.75) is 84.0 Å². The Labute approximate surface area is 131 Å². The molecule has 2 heteroatoms. The van der Waals surface area contributed by atoms with Crippen LogP contribution in [0.25, 0.3) is 0 Å². The van der Waals surface area contributed by atoms with Crippen LogP contribution in [0.2, 0.25) is 0 Å². The van der Waals surface area contributed by atoms with Crippen molar-refractivity contribution in [1.82, 2.24) is 5.32 Å². The van der Waals surface area contributed by atoms with E-state index in [4.69, 9.17) is 5.26 Å². The second-order valence-corrected chi connectivity index (χ2v) is 7.70. The van der Waals surface area contributed by atoms with Gasteiger partial charge in [0.2, 0.25) is 0 Å². The smallest absolute Gasteiger partial charge is 0.0656 e. The topological polar surface area (TPSA) is 35.8 Å². The van der Waals surface area contributed by atoms with Crippen LogP contribution in [0.1, 0.15) is 84.0 Å². The fourth-order valence-electron chi connectivity index (χ4n) is 4.52. The first-order valence-electron chi connectivity index (χ1n) is 9.35. The maximum absolute atomic E-state index is 8.41. The Morgan fingerprint density at radius 1 is 0.857 bits per heavy atom. The third-order valence-corrected chi connectivity index (χ3v) is 6.11. The molecule has 3 rings (SSSR count). The zero-order chi connectivity index (χ0) is 15.0. The van der Waals surface area contributed by atoms with E-state index in [1.807, 2.05) is 0 Å². The van der Waals surface area contributed by atoms with Gasteiger partial charge in [0, 0.05) is 5.92 Å². The molecule has 0 spiro atoms. The molecular formula is C19H34N2. The second-order valence-electron chi connectivity index (χ2n) is 7.70. The minimum atomic E-state index is 0.330. The van der Waals surface area contributed by atoms with Crippen molar-refractivity contribution < 1.29 is 0 Å². The molecule has 2 aliphatic carbocycles. The van der Waals surface area contributed by atoms with Gasteiger partial charge in [-0.3, -0.25) is 0 Å². The fourth-order valence-corrected chi connectivity index (χ4v) is 4.52. The summed E-state index contributed by atoms with van der Waals surface area (Å²) < 4.78 is 0. The molecule has 0 aromatic rings. The van der Waals surface area contributed by atoms with Crippen molar-refractivity contribution in [3.63, 3.8) is 0 Å². The van der Waals surface area contributed by atoms with E-state index in [2.05, 4.69) is 18.3 Å². The van der Waals surface area contributed by atoms with Crippen molar-refractivity contribution in [3.05, 3.63) is 0 Å². The van der Waals surface area contributed by atoms with E-state index in [0.29, 0.717) is 5.92 Å². The summed E-state index contributed by atoms with van der Waals surface area (Å²) in [5.74, 6) is 1.41. The maximum Gasteiger partial charge on any atom is 0.0656 e. The first kappa shape index (κ1) is 16.8. The highest BCUT2D eigenvalue weighted by molar-refractivity contribution is 4.87. The predicted molar refractivity (Wildman–Crippen MR) is 89.0 cm³/mol. The van der Waals surface area contributed by atoms with Crippen molar-refractivity contribution >= 4 is 0 Å². The van der Waals surface area contributed by atoms with Crippen molar-refractivity contribution in [2.24, 2.45) is 17.3 Å². The van der Waals surface area contributed by atoms with Crippen molar-refractivity contribution in [1.29, 1.82) is 5.26 Å². The number of rotatable bonds is 1. The number of hydrogen-bond acceptors (Lipinski definition) is 2. The van der Waals surface area contributed by atoms with Crippen LogP contribution in [-0.2, 0) is 0 Å². The Kier molecular flexibility index (Phi) is 7.04. The molecule has 2 nitrogen and oxygen atoms in total. The fraction of sp³-hybridized carbons (Fsp3) is 0.947. The van der Waals surface area contributed by atoms with Gasteiger partial charge in [-0.1, -0.05) is 45.4 Å². The molecule has 1 aliphatic heterocycles. The van der Waals surface area contributed by atoms with E-state index < -0.39 is 0 Å². The zero-order valence-corrected chi connectivity index (χ0v) is 14.0. The van der Waals surface area contributed by atoms with Gasteiger partial charge in [-0.05, 0) is 62.9 Å². The molecule has 0 bridgehead atoms.